The fourth-order valence-electron chi connectivity index (χ4n) is 0.595. The first kappa shape index (κ1) is 9.23. The summed E-state index contributed by atoms with van der Waals surface area (Å²) < 4.78 is 0. The zero-order chi connectivity index (χ0) is 7.98. The van der Waals surface area contributed by atoms with Gasteiger partial charge in [-0.1, -0.05) is 0 Å². The maximum Gasteiger partial charge on any atom is 0.185 e. The highest BCUT2D eigenvalue weighted by molar-refractivity contribution is 5.75. The molecule has 5 N–H and O–H groups in total. The molecule has 0 aromatic carbocycles. The average Bonchev–Trinajstić information content (AvgIpc) is 1.79. The van der Waals surface area contributed by atoms with Crippen LogP contribution in [0.1, 0.15) is 19.8 Å². The molecule has 4 heteroatoms. The van der Waals surface area contributed by atoms with E-state index in [1.54, 1.807) is 6.92 Å². The lowest BCUT2D eigenvalue weighted by Crippen LogP contribution is -2.23. The number of nitrogens with zero attached hydrogens (tertiary/aromatic N) is 1. The summed E-state index contributed by atoms with van der Waals surface area (Å²) in [5.41, 5.74) is 10.1. The van der Waals surface area contributed by atoms with Crippen LogP contribution in [-0.2, 0) is 0 Å². The summed E-state index contributed by atoms with van der Waals surface area (Å²) in [5.74, 6) is 0.116. The van der Waals surface area contributed by atoms with Gasteiger partial charge < -0.3 is 16.6 Å². The third-order valence-electron chi connectivity index (χ3n) is 1.07. The fraction of sp³-hybridized carbons (Fsp3) is 0.833. The van der Waals surface area contributed by atoms with Crippen molar-refractivity contribution in [1.29, 1.82) is 0 Å². The second kappa shape index (κ2) is 5.05. The van der Waals surface area contributed by atoms with E-state index >= 15 is 0 Å². The molecule has 0 saturated heterocycles. The van der Waals surface area contributed by atoms with Crippen LogP contribution in [0.5, 0.6) is 0 Å². The number of nitrogens with two attached hydrogens (primary N) is 2. The SMILES string of the molecule is CC(O)CCCN=C(N)N. The highest BCUT2D eigenvalue weighted by Gasteiger charge is 1.93. The van der Waals surface area contributed by atoms with Crippen LogP contribution in [0.15, 0.2) is 4.99 Å². The molecule has 0 aliphatic rings. The van der Waals surface area contributed by atoms with Crippen molar-refractivity contribution < 1.29 is 5.11 Å². The van der Waals surface area contributed by atoms with E-state index < -0.39 is 0 Å². The number of hydrogen-bond acceptors (Lipinski definition) is 2. The lowest BCUT2D eigenvalue weighted by Gasteiger charge is -2.00. The highest BCUT2D eigenvalue weighted by Crippen LogP contribution is 1.94. The minimum atomic E-state index is -0.255. The Morgan fingerprint density at radius 3 is 2.60 bits per heavy atom. The topological polar surface area (TPSA) is 84.6 Å². The summed E-state index contributed by atoms with van der Waals surface area (Å²) in [6.45, 7) is 2.35. The molecule has 0 aliphatic heterocycles. The van der Waals surface area contributed by atoms with E-state index in [4.69, 9.17) is 16.6 Å². The van der Waals surface area contributed by atoms with Gasteiger partial charge in [-0.25, -0.2) is 0 Å². The van der Waals surface area contributed by atoms with Gasteiger partial charge in [0.05, 0.1) is 6.10 Å². The highest BCUT2D eigenvalue weighted by atomic mass is 16.3. The molecule has 10 heavy (non-hydrogen) atoms. The van der Waals surface area contributed by atoms with Crippen LogP contribution in [0.25, 0.3) is 0 Å². The molecule has 0 amide bonds. The molecule has 0 bridgehead atoms. The smallest absolute Gasteiger partial charge is 0.185 e. The summed E-state index contributed by atoms with van der Waals surface area (Å²) in [6, 6.07) is 0. The Labute approximate surface area is 60.9 Å². The van der Waals surface area contributed by atoms with Gasteiger partial charge >= 0.3 is 0 Å². The molecular formula is C6H15N3O. The minimum absolute atomic E-state index is 0.116. The lowest BCUT2D eigenvalue weighted by molar-refractivity contribution is 0.182. The Balaban J connectivity index is 3.13. The minimum Gasteiger partial charge on any atom is -0.393 e. The molecule has 4 nitrogen and oxygen atoms in total. The van der Waals surface area contributed by atoms with Gasteiger partial charge in [-0.05, 0) is 19.8 Å². The van der Waals surface area contributed by atoms with Crippen molar-refractivity contribution in [2.45, 2.75) is 25.9 Å². The predicted molar refractivity (Wildman–Crippen MR) is 41.6 cm³/mol. The second-order valence-electron chi connectivity index (χ2n) is 2.30. The monoisotopic (exact) mass is 145 g/mol. The number of rotatable bonds is 4. The molecule has 0 heterocycles. The zero-order valence-corrected chi connectivity index (χ0v) is 6.25. The van der Waals surface area contributed by atoms with Crippen LogP contribution in [0, 0.1) is 0 Å². The molecule has 0 aliphatic carbocycles. The summed E-state index contributed by atoms with van der Waals surface area (Å²) in [5, 5.41) is 8.81. The number of guanidine groups is 1. The van der Waals surface area contributed by atoms with Crippen molar-refractivity contribution in [1.82, 2.24) is 0 Å². The quantitative estimate of drug-likeness (QED) is 0.281. The predicted octanol–water partition coefficient (Wildman–Crippen LogP) is -0.579. The van der Waals surface area contributed by atoms with Gasteiger partial charge in [0.25, 0.3) is 0 Å². The van der Waals surface area contributed by atoms with Crippen LogP contribution < -0.4 is 11.5 Å². The maximum atomic E-state index is 8.81. The maximum absolute atomic E-state index is 8.81. The number of aliphatic hydroxyl groups excluding tert-OH is 1. The van der Waals surface area contributed by atoms with Crippen molar-refractivity contribution >= 4 is 5.96 Å². The van der Waals surface area contributed by atoms with E-state index in [0.29, 0.717) is 6.54 Å². The van der Waals surface area contributed by atoms with Crippen molar-refractivity contribution in [3.05, 3.63) is 0 Å². The molecule has 1 unspecified atom stereocenters. The summed E-state index contributed by atoms with van der Waals surface area (Å²) in [4.78, 5) is 3.76. The standard InChI is InChI=1S/C6H15N3O/c1-5(10)3-2-4-9-6(7)8/h5,10H,2-4H2,1H3,(H4,7,8,9). The summed E-state index contributed by atoms with van der Waals surface area (Å²) >= 11 is 0. The molecule has 0 spiro atoms. The van der Waals surface area contributed by atoms with E-state index in [0.717, 1.165) is 12.8 Å². The van der Waals surface area contributed by atoms with Gasteiger partial charge in [0, 0.05) is 6.54 Å². The van der Waals surface area contributed by atoms with Crippen LogP contribution in [0.4, 0.5) is 0 Å². The van der Waals surface area contributed by atoms with Gasteiger partial charge in [0.15, 0.2) is 5.96 Å². The van der Waals surface area contributed by atoms with Gasteiger partial charge in [0.1, 0.15) is 0 Å². The van der Waals surface area contributed by atoms with Gasteiger partial charge in [0.2, 0.25) is 0 Å². The summed E-state index contributed by atoms with van der Waals surface area (Å²) in [7, 11) is 0. The van der Waals surface area contributed by atoms with Crippen LogP contribution in [0.2, 0.25) is 0 Å². The van der Waals surface area contributed by atoms with Crippen molar-refractivity contribution in [3.8, 4) is 0 Å². The Bertz CT molecular complexity index is 108. The van der Waals surface area contributed by atoms with E-state index in [-0.39, 0.29) is 12.1 Å². The Hall–Kier alpha value is -0.770. The molecular weight excluding hydrogens is 130 g/mol. The van der Waals surface area contributed by atoms with Gasteiger partial charge in [-0.15, -0.1) is 0 Å². The Morgan fingerprint density at radius 1 is 1.60 bits per heavy atom. The van der Waals surface area contributed by atoms with E-state index in [9.17, 15) is 0 Å². The second-order valence-corrected chi connectivity index (χ2v) is 2.30. The van der Waals surface area contributed by atoms with Crippen LogP contribution in [-0.4, -0.2) is 23.7 Å². The normalized spacial score (nSPS) is 12.6. The number of aliphatic hydroxyl groups is 1. The zero-order valence-electron chi connectivity index (χ0n) is 6.25. The molecule has 60 valence electrons. The molecule has 0 radical (unpaired) electrons. The van der Waals surface area contributed by atoms with Crippen molar-refractivity contribution in [3.63, 3.8) is 0 Å². The molecule has 1 atom stereocenters. The first-order valence-electron chi connectivity index (χ1n) is 3.36. The third-order valence-corrected chi connectivity index (χ3v) is 1.07. The van der Waals surface area contributed by atoms with Crippen molar-refractivity contribution in [2.75, 3.05) is 6.54 Å². The molecule has 0 saturated carbocycles. The van der Waals surface area contributed by atoms with E-state index in [1.165, 1.54) is 0 Å². The van der Waals surface area contributed by atoms with Crippen molar-refractivity contribution in [2.24, 2.45) is 16.5 Å². The average molecular weight is 145 g/mol. The van der Waals surface area contributed by atoms with Crippen LogP contribution in [0.3, 0.4) is 0 Å². The molecule has 0 aromatic heterocycles. The third kappa shape index (κ3) is 7.23. The first-order valence-corrected chi connectivity index (χ1v) is 3.36. The largest absolute Gasteiger partial charge is 0.393 e. The molecule has 0 aromatic rings. The molecule has 0 fully saturated rings. The first-order chi connectivity index (χ1) is 4.63. The van der Waals surface area contributed by atoms with E-state index in [1.807, 2.05) is 0 Å². The lowest BCUT2D eigenvalue weighted by atomic mass is 10.2. The summed E-state index contributed by atoms with van der Waals surface area (Å²) in [6.07, 6.45) is 1.32. The van der Waals surface area contributed by atoms with Gasteiger partial charge in [-0.2, -0.15) is 0 Å². The van der Waals surface area contributed by atoms with E-state index in [2.05, 4.69) is 4.99 Å². The number of hydrogen-bond donors (Lipinski definition) is 3. The van der Waals surface area contributed by atoms with Crippen LogP contribution >= 0.6 is 0 Å². The Morgan fingerprint density at radius 2 is 2.20 bits per heavy atom. The van der Waals surface area contributed by atoms with Gasteiger partial charge in [-0.3, -0.25) is 4.99 Å². The molecule has 0 rings (SSSR count). The number of aliphatic imine (C=N–C) groups is 1. The fourth-order valence-corrected chi connectivity index (χ4v) is 0.595. The Kier molecular flexibility index (Phi) is 4.66.